The molecule has 2 amide bonds. The Bertz CT molecular complexity index is 903. The van der Waals surface area contributed by atoms with Crippen LogP contribution in [0.4, 0.5) is 0 Å². The number of hydrazone groups is 1. The fraction of sp³-hybridized carbons (Fsp3) is 0.263. The Kier molecular flexibility index (Phi) is 5.26. The van der Waals surface area contributed by atoms with E-state index in [-0.39, 0.29) is 30.0 Å². The summed E-state index contributed by atoms with van der Waals surface area (Å²) in [6.07, 6.45) is 2.38. The van der Waals surface area contributed by atoms with Crippen molar-refractivity contribution in [3.63, 3.8) is 0 Å². The summed E-state index contributed by atoms with van der Waals surface area (Å²) in [5.41, 5.74) is 2.24. The average molecular weight is 352 g/mol. The standard InChI is InChI=1S/C19H20N4O3/c1-13-11-17(24)15(12-21-13)19(26)20-9-10-23-18(25)8-7-16(22-23)14-5-3-2-4-6-14/h2-6,11-12H,7-10H2,1H3,(H,20,26)(H,21,24). The quantitative estimate of drug-likeness (QED) is 0.852. The molecule has 0 saturated heterocycles. The minimum atomic E-state index is -0.469. The smallest absolute Gasteiger partial charge is 0.256 e. The van der Waals surface area contributed by atoms with Crippen molar-refractivity contribution >= 4 is 17.5 Å². The average Bonchev–Trinajstić information content (AvgIpc) is 2.64. The molecule has 0 bridgehead atoms. The van der Waals surface area contributed by atoms with Gasteiger partial charge in [0.15, 0.2) is 5.43 Å². The number of carbonyl (C=O) groups excluding carboxylic acids is 2. The van der Waals surface area contributed by atoms with Crippen LogP contribution in [0.5, 0.6) is 0 Å². The van der Waals surface area contributed by atoms with Crippen LogP contribution in [0.1, 0.15) is 34.5 Å². The maximum absolute atomic E-state index is 12.1. The number of nitrogens with one attached hydrogen (secondary N) is 2. The molecular formula is C19H20N4O3. The Morgan fingerprint density at radius 2 is 2.00 bits per heavy atom. The molecule has 7 nitrogen and oxygen atoms in total. The van der Waals surface area contributed by atoms with E-state index in [4.69, 9.17) is 0 Å². The fourth-order valence-electron chi connectivity index (χ4n) is 2.73. The molecule has 1 aliphatic heterocycles. The highest BCUT2D eigenvalue weighted by molar-refractivity contribution is 6.04. The Morgan fingerprint density at radius 1 is 1.23 bits per heavy atom. The van der Waals surface area contributed by atoms with E-state index in [1.165, 1.54) is 17.3 Å². The van der Waals surface area contributed by atoms with Crippen LogP contribution in [0.15, 0.2) is 52.5 Å². The number of aromatic nitrogens is 1. The number of rotatable bonds is 5. The molecule has 0 radical (unpaired) electrons. The van der Waals surface area contributed by atoms with Gasteiger partial charge in [-0.3, -0.25) is 14.4 Å². The van der Waals surface area contributed by atoms with Gasteiger partial charge >= 0.3 is 0 Å². The monoisotopic (exact) mass is 352 g/mol. The highest BCUT2D eigenvalue weighted by atomic mass is 16.2. The van der Waals surface area contributed by atoms with E-state index < -0.39 is 5.91 Å². The number of hydrogen-bond donors (Lipinski definition) is 2. The van der Waals surface area contributed by atoms with Crippen molar-refractivity contribution in [3.05, 3.63) is 69.6 Å². The van der Waals surface area contributed by atoms with E-state index in [1.807, 2.05) is 30.3 Å². The van der Waals surface area contributed by atoms with Gasteiger partial charge in [0.25, 0.3) is 5.91 Å². The van der Waals surface area contributed by atoms with Crippen molar-refractivity contribution in [3.8, 4) is 0 Å². The molecule has 2 aromatic rings. The summed E-state index contributed by atoms with van der Waals surface area (Å²) in [6.45, 7) is 2.21. The highest BCUT2D eigenvalue weighted by Gasteiger charge is 2.21. The van der Waals surface area contributed by atoms with Gasteiger partial charge in [0.2, 0.25) is 5.91 Å². The predicted molar refractivity (Wildman–Crippen MR) is 98.1 cm³/mol. The third-order valence-corrected chi connectivity index (χ3v) is 4.12. The number of amides is 2. The zero-order chi connectivity index (χ0) is 18.5. The number of aromatic amines is 1. The van der Waals surface area contributed by atoms with Crippen molar-refractivity contribution in [1.29, 1.82) is 0 Å². The van der Waals surface area contributed by atoms with Crippen LogP contribution < -0.4 is 10.7 Å². The van der Waals surface area contributed by atoms with Gasteiger partial charge in [0.1, 0.15) is 5.56 Å². The summed E-state index contributed by atoms with van der Waals surface area (Å²) in [5, 5.41) is 8.45. The molecule has 0 fully saturated rings. The molecule has 0 spiro atoms. The molecule has 1 aromatic heterocycles. The topological polar surface area (TPSA) is 94.6 Å². The van der Waals surface area contributed by atoms with Crippen molar-refractivity contribution in [1.82, 2.24) is 15.3 Å². The first-order chi connectivity index (χ1) is 12.5. The van der Waals surface area contributed by atoms with Crippen LogP contribution in [-0.2, 0) is 4.79 Å². The molecule has 3 rings (SSSR count). The molecule has 134 valence electrons. The number of pyridine rings is 1. The van der Waals surface area contributed by atoms with Crippen molar-refractivity contribution in [2.45, 2.75) is 19.8 Å². The number of carbonyl (C=O) groups is 2. The highest BCUT2D eigenvalue weighted by Crippen LogP contribution is 2.14. The third kappa shape index (κ3) is 4.05. The molecule has 1 aliphatic rings. The third-order valence-electron chi connectivity index (χ3n) is 4.12. The molecule has 1 aromatic carbocycles. The van der Waals surface area contributed by atoms with E-state index in [0.29, 0.717) is 18.5 Å². The second-order valence-corrected chi connectivity index (χ2v) is 6.08. The van der Waals surface area contributed by atoms with E-state index in [0.717, 1.165) is 11.3 Å². The molecular weight excluding hydrogens is 332 g/mol. The molecule has 0 atom stereocenters. The summed E-state index contributed by atoms with van der Waals surface area (Å²) in [7, 11) is 0. The van der Waals surface area contributed by atoms with Gasteiger partial charge in [-0.05, 0) is 12.5 Å². The van der Waals surface area contributed by atoms with Gasteiger partial charge in [0.05, 0.1) is 12.3 Å². The SMILES string of the molecule is Cc1cc(=O)c(C(=O)NCCN2N=C(c3ccccc3)CCC2=O)c[nH]1. The Balaban J connectivity index is 1.62. The lowest BCUT2D eigenvalue weighted by molar-refractivity contribution is -0.131. The van der Waals surface area contributed by atoms with Crippen LogP contribution in [0.2, 0.25) is 0 Å². The van der Waals surface area contributed by atoms with Crippen LogP contribution >= 0.6 is 0 Å². The molecule has 2 N–H and O–H groups in total. The number of aryl methyl sites for hydroxylation is 1. The first-order valence-corrected chi connectivity index (χ1v) is 8.45. The summed E-state index contributed by atoms with van der Waals surface area (Å²) in [6, 6.07) is 11.1. The van der Waals surface area contributed by atoms with E-state index >= 15 is 0 Å². The largest absolute Gasteiger partial charge is 0.364 e. The Morgan fingerprint density at radius 3 is 2.73 bits per heavy atom. The lowest BCUT2D eigenvalue weighted by Gasteiger charge is -2.23. The summed E-state index contributed by atoms with van der Waals surface area (Å²) in [5.74, 6) is -0.546. The minimum absolute atomic E-state index is 0.0500. The molecule has 0 unspecified atom stereocenters. The zero-order valence-electron chi connectivity index (χ0n) is 14.5. The zero-order valence-corrected chi connectivity index (χ0v) is 14.5. The number of hydrogen-bond acceptors (Lipinski definition) is 4. The van der Waals surface area contributed by atoms with Crippen LogP contribution in [-0.4, -0.2) is 40.6 Å². The Labute approximate surface area is 150 Å². The maximum atomic E-state index is 12.1. The minimum Gasteiger partial charge on any atom is -0.364 e. The molecule has 2 heterocycles. The normalized spacial score (nSPS) is 14.1. The van der Waals surface area contributed by atoms with Crippen molar-refractivity contribution < 1.29 is 9.59 Å². The lowest BCUT2D eigenvalue weighted by atomic mass is 10.0. The fourth-order valence-corrected chi connectivity index (χ4v) is 2.73. The molecule has 7 heteroatoms. The second kappa shape index (κ2) is 7.77. The molecule has 0 aliphatic carbocycles. The first kappa shape index (κ1) is 17.6. The number of nitrogens with zero attached hydrogens (tertiary/aromatic N) is 2. The van der Waals surface area contributed by atoms with Gasteiger partial charge in [0, 0.05) is 37.3 Å². The van der Waals surface area contributed by atoms with Gasteiger partial charge in [-0.15, -0.1) is 0 Å². The van der Waals surface area contributed by atoms with Gasteiger partial charge in [-0.25, -0.2) is 5.01 Å². The maximum Gasteiger partial charge on any atom is 0.256 e. The van der Waals surface area contributed by atoms with Crippen LogP contribution in [0.3, 0.4) is 0 Å². The summed E-state index contributed by atoms with van der Waals surface area (Å²) >= 11 is 0. The van der Waals surface area contributed by atoms with E-state index in [9.17, 15) is 14.4 Å². The van der Waals surface area contributed by atoms with Gasteiger partial charge in [-0.1, -0.05) is 30.3 Å². The van der Waals surface area contributed by atoms with E-state index in [1.54, 1.807) is 6.92 Å². The molecule has 0 saturated carbocycles. The number of H-pyrrole nitrogens is 1. The number of benzene rings is 1. The van der Waals surface area contributed by atoms with Crippen LogP contribution in [0.25, 0.3) is 0 Å². The Hall–Kier alpha value is -3.22. The van der Waals surface area contributed by atoms with Gasteiger partial charge < -0.3 is 10.3 Å². The first-order valence-electron chi connectivity index (χ1n) is 8.45. The van der Waals surface area contributed by atoms with Crippen LogP contribution in [0, 0.1) is 6.92 Å². The summed E-state index contributed by atoms with van der Waals surface area (Å²) in [4.78, 5) is 38.9. The molecule has 26 heavy (non-hydrogen) atoms. The lowest BCUT2D eigenvalue weighted by Crippen LogP contribution is -2.39. The van der Waals surface area contributed by atoms with Crippen molar-refractivity contribution in [2.24, 2.45) is 5.10 Å². The predicted octanol–water partition coefficient (Wildman–Crippen LogP) is 1.44. The van der Waals surface area contributed by atoms with Crippen molar-refractivity contribution in [2.75, 3.05) is 13.1 Å². The van der Waals surface area contributed by atoms with E-state index in [2.05, 4.69) is 15.4 Å². The summed E-state index contributed by atoms with van der Waals surface area (Å²) < 4.78 is 0. The van der Waals surface area contributed by atoms with Gasteiger partial charge in [-0.2, -0.15) is 5.10 Å². The second-order valence-electron chi connectivity index (χ2n) is 6.08.